The largest absolute Gasteiger partial charge is 0.464 e. The van der Waals surface area contributed by atoms with E-state index in [1.54, 1.807) is 0 Å². The van der Waals surface area contributed by atoms with Crippen molar-refractivity contribution in [1.82, 2.24) is 14.7 Å². The van der Waals surface area contributed by atoms with Gasteiger partial charge in [0.25, 0.3) is 0 Å². The minimum Gasteiger partial charge on any atom is -0.464 e. The molecule has 0 spiro atoms. The standard InChI is InChI=1S/C17H29N3O3/c1-18(14-5-3-2-4-6-14)16(21)13-19-8-10-20(11-9-19)15-7-12-23-17(15)22/h14-15H,2-13H2,1H3/t15-/m1/s1. The van der Waals surface area contributed by atoms with Gasteiger partial charge in [0.15, 0.2) is 0 Å². The average molecular weight is 323 g/mol. The minimum absolute atomic E-state index is 0.0576. The quantitative estimate of drug-likeness (QED) is 0.713. The third kappa shape index (κ3) is 4.04. The molecular formula is C17H29N3O3. The van der Waals surface area contributed by atoms with Gasteiger partial charge in [-0.15, -0.1) is 0 Å². The van der Waals surface area contributed by atoms with Crippen molar-refractivity contribution in [2.75, 3.05) is 46.4 Å². The zero-order valence-corrected chi connectivity index (χ0v) is 14.2. The van der Waals surface area contributed by atoms with E-state index in [-0.39, 0.29) is 17.9 Å². The lowest BCUT2D eigenvalue weighted by atomic mass is 9.94. The molecular weight excluding hydrogens is 294 g/mol. The van der Waals surface area contributed by atoms with E-state index in [9.17, 15) is 9.59 Å². The van der Waals surface area contributed by atoms with E-state index in [1.165, 1.54) is 19.3 Å². The van der Waals surface area contributed by atoms with Crippen molar-refractivity contribution >= 4 is 11.9 Å². The molecule has 130 valence electrons. The van der Waals surface area contributed by atoms with Crippen LogP contribution in [-0.2, 0) is 14.3 Å². The number of hydrogen-bond donors (Lipinski definition) is 0. The highest BCUT2D eigenvalue weighted by Gasteiger charge is 2.34. The van der Waals surface area contributed by atoms with Crippen LogP contribution in [0.4, 0.5) is 0 Å². The van der Waals surface area contributed by atoms with E-state index in [4.69, 9.17) is 4.74 Å². The van der Waals surface area contributed by atoms with E-state index in [2.05, 4.69) is 9.80 Å². The van der Waals surface area contributed by atoms with Gasteiger partial charge < -0.3 is 9.64 Å². The first-order chi connectivity index (χ1) is 11.1. The molecule has 0 unspecified atom stereocenters. The Bertz CT molecular complexity index is 429. The average Bonchev–Trinajstić information content (AvgIpc) is 3.01. The van der Waals surface area contributed by atoms with Crippen molar-refractivity contribution in [1.29, 1.82) is 0 Å². The first-order valence-electron chi connectivity index (χ1n) is 9.04. The predicted molar refractivity (Wildman–Crippen MR) is 87.0 cm³/mol. The molecule has 0 radical (unpaired) electrons. The number of ether oxygens (including phenoxy) is 1. The highest BCUT2D eigenvalue weighted by Crippen LogP contribution is 2.22. The second-order valence-corrected chi connectivity index (χ2v) is 7.08. The molecule has 0 aromatic rings. The van der Waals surface area contributed by atoms with Gasteiger partial charge in [0, 0.05) is 45.7 Å². The molecule has 1 atom stereocenters. The molecule has 0 aromatic carbocycles. The first-order valence-corrected chi connectivity index (χ1v) is 9.04. The van der Waals surface area contributed by atoms with Crippen molar-refractivity contribution in [2.45, 2.75) is 50.6 Å². The van der Waals surface area contributed by atoms with Gasteiger partial charge in [-0.05, 0) is 12.8 Å². The molecule has 2 heterocycles. The maximum atomic E-state index is 12.5. The molecule has 6 nitrogen and oxygen atoms in total. The molecule has 2 saturated heterocycles. The molecule has 1 amide bonds. The summed E-state index contributed by atoms with van der Waals surface area (Å²) in [5, 5.41) is 0. The molecule has 0 N–H and O–H groups in total. The Morgan fingerprint density at radius 1 is 1.13 bits per heavy atom. The number of carbonyl (C=O) groups excluding carboxylic acids is 2. The second-order valence-electron chi connectivity index (χ2n) is 7.08. The second kappa shape index (κ2) is 7.62. The Morgan fingerprint density at radius 2 is 1.83 bits per heavy atom. The molecule has 0 aromatic heterocycles. The Balaban J connectivity index is 1.42. The highest BCUT2D eigenvalue weighted by molar-refractivity contribution is 5.78. The van der Waals surface area contributed by atoms with Crippen molar-refractivity contribution < 1.29 is 14.3 Å². The van der Waals surface area contributed by atoms with Crippen molar-refractivity contribution in [2.24, 2.45) is 0 Å². The van der Waals surface area contributed by atoms with Gasteiger partial charge in [-0.25, -0.2) is 0 Å². The van der Waals surface area contributed by atoms with Gasteiger partial charge in [-0.2, -0.15) is 0 Å². The summed E-state index contributed by atoms with van der Waals surface area (Å²) in [6, 6.07) is 0.378. The third-order valence-electron chi connectivity index (χ3n) is 5.63. The summed E-state index contributed by atoms with van der Waals surface area (Å²) in [6.45, 7) is 4.47. The van der Waals surface area contributed by atoms with Crippen LogP contribution in [0.5, 0.6) is 0 Å². The summed E-state index contributed by atoms with van der Waals surface area (Å²) in [5.41, 5.74) is 0. The van der Waals surface area contributed by atoms with Crippen LogP contribution in [0.1, 0.15) is 38.5 Å². The lowest BCUT2D eigenvalue weighted by Gasteiger charge is -2.38. The van der Waals surface area contributed by atoms with Crippen LogP contribution in [0, 0.1) is 0 Å². The van der Waals surface area contributed by atoms with E-state index >= 15 is 0 Å². The zero-order valence-electron chi connectivity index (χ0n) is 14.2. The Kier molecular flexibility index (Phi) is 5.54. The topological polar surface area (TPSA) is 53.1 Å². The maximum absolute atomic E-state index is 12.5. The molecule has 3 fully saturated rings. The van der Waals surface area contributed by atoms with Gasteiger partial charge in [-0.3, -0.25) is 19.4 Å². The Hall–Kier alpha value is -1.14. The fraction of sp³-hybridized carbons (Fsp3) is 0.882. The molecule has 0 bridgehead atoms. The summed E-state index contributed by atoms with van der Waals surface area (Å²) >= 11 is 0. The number of likely N-dealkylation sites (N-methyl/N-ethyl adjacent to an activating group) is 1. The number of carbonyl (C=O) groups is 2. The van der Waals surface area contributed by atoms with Crippen LogP contribution in [0.2, 0.25) is 0 Å². The Labute approximate surface area is 138 Å². The SMILES string of the molecule is CN(C(=O)CN1CCN([C@@H]2CCOC2=O)CC1)C1CCCCC1. The highest BCUT2D eigenvalue weighted by atomic mass is 16.5. The lowest BCUT2D eigenvalue weighted by Crippen LogP contribution is -2.54. The van der Waals surface area contributed by atoms with Crippen LogP contribution < -0.4 is 0 Å². The number of amides is 1. The summed E-state index contributed by atoms with van der Waals surface area (Å²) in [7, 11) is 1.96. The molecule has 23 heavy (non-hydrogen) atoms. The molecule has 3 aliphatic rings. The molecule has 3 rings (SSSR count). The lowest BCUT2D eigenvalue weighted by molar-refractivity contribution is -0.143. The monoisotopic (exact) mass is 323 g/mol. The number of hydrogen-bond acceptors (Lipinski definition) is 5. The number of rotatable bonds is 4. The summed E-state index contributed by atoms with van der Waals surface area (Å²) in [6.07, 6.45) is 6.92. The smallest absolute Gasteiger partial charge is 0.323 e. The van der Waals surface area contributed by atoms with Gasteiger partial charge in [0.2, 0.25) is 5.91 Å². The van der Waals surface area contributed by atoms with Crippen LogP contribution in [-0.4, -0.2) is 85.0 Å². The van der Waals surface area contributed by atoms with E-state index < -0.39 is 0 Å². The summed E-state index contributed by atoms with van der Waals surface area (Å²) in [5.74, 6) is 0.164. The number of esters is 1. The first kappa shape index (κ1) is 16.7. The minimum atomic E-state index is -0.0773. The van der Waals surface area contributed by atoms with Crippen LogP contribution in [0.25, 0.3) is 0 Å². The van der Waals surface area contributed by atoms with Crippen molar-refractivity contribution in [3.8, 4) is 0 Å². The van der Waals surface area contributed by atoms with E-state index in [0.717, 1.165) is 45.4 Å². The number of nitrogens with zero attached hydrogens (tertiary/aromatic N) is 3. The molecule has 6 heteroatoms. The predicted octanol–water partition coefficient (Wildman–Crippen LogP) is 0.711. The van der Waals surface area contributed by atoms with Crippen LogP contribution in [0.15, 0.2) is 0 Å². The van der Waals surface area contributed by atoms with Crippen LogP contribution in [0.3, 0.4) is 0 Å². The molecule has 2 aliphatic heterocycles. The fourth-order valence-electron chi connectivity index (χ4n) is 4.02. The van der Waals surface area contributed by atoms with Gasteiger partial charge in [0.1, 0.15) is 6.04 Å². The summed E-state index contributed by atoms with van der Waals surface area (Å²) in [4.78, 5) is 30.6. The number of piperazine rings is 1. The van der Waals surface area contributed by atoms with Crippen molar-refractivity contribution in [3.63, 3.8) is 0 Å². The normalized spacial score (nSPS) is 27.9. The molecule has 1 saturated carbocycles. The maximum Gasteiger partial charge on any atom is 0.323 e. The fourth-order valence-corrected chi connectivity index (χ4v) is 4.02. The Morgan fingerprint density at radius 3 is 2.43 bits per heavy atom. The van der Waals surface area contributed by atoms with Crippen molar-refractivity contribution in [3.05, 3.63) is 0 Å². The third-order valence-corrected chi connectivity index (χ3v) is 5.63. The van der Waals surface area contributed by atoms with Gasteiger partial charge in [0.05, 0.1) is 13.2 Å². The molecule has 1 aliphatic carbocycles. The van der Waals surface area contributed by atoms with E-state index in [0.29, 0.717) is 19.2 Å². The van der Waals surface area contributed by atoms with Crippen LogP contribution >= 0.6 is 0 Å². The van der Waals surface area contributed by atoms with E-state index in [1.807, 2.05) is 11.9 Å². The number of cyclic esters (lactones) is 1. The summed E-state index contributed by atoms with van der Waals surface area (Å²) < 4.78 is 5.05. The zero-order chi connectivity index (χ0) is 16.2. The van der Waals surface area contributed by atoms with Gasteiger partial charge >= 0.3 is 5.97 Å². The van der Waals surface area contributed by atoms with Gasteiger partial charge in [-0.1, -0.05) is 19.3 Å².